The summed E-state index contributed by atoms with van der Waals surface area (Å²) in [6, 6.07) is 7.23. The molecule has 2 amide bonds. The van der Waals surface area contributed by atoms with E-state index in [1.165, 1.54) is 0 Å². The number of para-hydroxylation sites is 1. The molecule has 1 aliphatic carbocycles. The van der Waals surface area contributed by atoms with Crippen LogP contribution in [0.4, 0.5) is 10.5 Å². The summed E-state index contributed by atoms with van der Waals surface area (Å²) in [6.45, 7) is 0. The molecule has 0 spiro atoms. The highest BCUT2D eigenvalue weighted by Crippen LogP contribution is 2.40. The molecule has 2 N–H and O–H groups in total. The van der Waals surface area contributed by atoms with Crippen LogP contribution in [0.15, 0.2) is 53.8 Å². The van der Waals surface area contributed by atoms with Gasteiger partial charge in [-0.1, -0.05) is 30.4 Å². The van der Waals surface area contributed by atoms with Gasteiger partial charge in [-0.15, -0.1) is 0 Å². The molecule has 2 aliphatic heterocycles. The first-order valence-electron chi connectivity index (χ1n) is 6.20. The van der Waals surface area contributed by atoms with E-state index in [0.29, 0.717) is 0 Å². The Morgan fingerprint density at radius 3 is 2.79 bits per heavy atom. The summed E-state index contributed by atoms with van der Waals surface area (Å²) in [5.41, 5.74) is 9.14. The van der Waals surface area contributed by atoms with Gasteiger partial charge in [-0.05, 0) is 29.4 Å². The van der Waals surface area contributed by atoms with E-state index in [9.17, 15) is 4.79 Å². The Balaban J connectivity index is 1.94. The fraction of sp³-hybridized carbons (Fsp3) is 0.133. The summed E-state index contributed by atoms with van der Waals surface area (Å²) >= 11 is 0. The van der Waals surface area contributed by atoms with Crippen molar-refractivity contribution in [3.63, 3.8) is 0 Å². The number of hydrogen-bond acceptors (Lipinski definition) is 2. The predicted octanol–water partition coefficient (Wildman–Crippen LogP) is 2.19. The number of allylic oxidation sites excluding steroid dienone is 1. The number of primary amides is 1. The van der Waals surface area contributed by atoms with Crippen LogP contribution in [0, 0.1) is 0 Å². The van der Waals surface area contributed by atoms with Gasteiger partial charge < -0.3 is 10.5 Å². The first-order chi connectivity index (χ1) is 9.24. The maximum absolute atomic E-state index is 11.9. The first kappa shape index (κ1) is 10.6. The van der Waals surface area contributed by atoms with Crippen LogP contribution in [0.25, 0.3) is 6.08 Å². The molecule has 1 aromatic carbocycles. The molecule has 4 rings (SSSR count). The van der Waals surface area contributed by atoms with Gasteiger partial charge in [0.15, 0.2) is 0 Å². The fourth-order valence-corrected chi connectivity index (χ4v) is 2.64. The highest BCUT2D eigenvalue weighted by molar-refractivity contribution is 5.99. The van der Waals surface area contributed by atoms with Crippen molar-refractivity contribution < 1.29 is 9.53 Å². The van der Waals surface area contributed by atoms with Crippen molar-refractivity contribution in [1.82, 2.24) is 0 Å². The molecule has 0 saturated carbocycles. The Morgan fingerprint density at radius 1 is 1.16 bits per heavy atom. The maximum atomic E-state index is 11.9. The molecule has 19 heavy (non-hydrogen) atoms. The van der Waals surface area contributed by atoms with Gasteiger partial charge in [-0.25, -0.2) is 4.79 Å². The van der Waals surface area contributed by atoms with E-state index in [1.54, 1.807) is 4.90 Å². The van der Waals surface area contributed by atoms with Crippen LogP contribution in [0.2, 0.25) is 0 Å². The van der Waals surface area contributed by atoms with Crippen LogP contribution >= 0.6 is 0 Å². The number of epoxide rings is 1. The van der Waals surface area contributed by atoms with Gasteiger partial charge in [-0.3, -0.25) is 4.90 Å². The summed E-state index contributed by atoms with van der Waals surface area (Å²) < 4.78 is 5.46. The second-order valence-electron chi connectivity index (χ2n) is 4.81. The third-order valence-corrected chi connectivity index (χ3v) is 3.60. The number of carbonyl (C=O) groups is 1. The molecule has 0 bridgehead atoms. The third kappa shape index (κ3) is 1.54. The zero-order valence-electron chi connectivity index (χ0n) is 10.1. The van der Waals surface area contributed by atoms with Crippen molar-refractivity contribution in [3.05, 3.63) is 59.3 Å². The maximum Gasteiger partial charge on any atom is 0.323 e. The normalized spacial score (nSPS) is 26.4. The predicted molar refractivity (Wildman–Crippen MR) is 72.4 cm³/mol. The Kier molecular flexibility index (Phi) is 2.00. The highest BCUT2D eigenvalue weighted by atomic mass is 16.6. The summed E-state index contributed by atoms with van der Waals surface area (Å²) in [5, 5.41) is 0. The molecule has 2 unspecified atom stereocenters. The molecule has 1 saturated heterocycles. The summed E-state index contributed by atoms with van der Waals surface area (Å²) in [4.78, 5) is 13.4. The molecule has 4 nitrogen and oxygen atoms in total. The summed E-state index contributed by atoms with van der Waals surface area (Å²) in [7, 11) is 0. The molecule has 2 heterocycles. The third-order valence-electron chi connectivity index (χ3n) is 3.60. The van der Waals surface area contributed by atoms with E-state index in [4.69, 9.17) is 10.5 Å². The van der Waals surface area contributed by atoms with E-state index in [1.807, 2.05) is 48.6 Å². The van der Waals surface area contributed by atoms with Gasteiger partial charge >= 0.3 is 6.03 Å². The zero-order chi connectivity index (χ0) is 13.0. The van der Waals surface area contributed by atoms with E-state index in [-0.39, 0.29) is 12.2 Å². The van der Waals surface area contributed by atoms with Crippen LogP contribution in [-0.2, 0) is 4.74 Å². The lowest BCUT2D eigenvalue weighted by molar-refractivity contribution is 0.255. The number of hydrogen-bond donors (Lipinski definition) is 1. The van der Waals surface area contributed by atoms with Crippen molar-refractivity contribution in [2.75, 3.05) is 4.90 Å². The standard InChI is InChI=1S/C15H12N2O2/c16-15(18)17-11-4-2-1-3-9(11)5-6-10-7-13-14(19-13)8-12(10)17/h1-8,13-14H,(H2,16,18). The van der Waals surface area contributed by atoms with Gasteiger partial charge in [-0.2, -0.15) is 0 Å². The number of ether oxygens (including phenoxy) is 1. The molecule has 1 aromatic rings. The number of urea groups is 1. The lowest BCUT2D eigenvalue weighted by Gasteiger charge is -2.25. The van der Waals surface area contributed by atoms with Crippen molar-refractivity contribution in [1.29, 1.82) is 0 Å². The minimum atomic E-state index is -0.479. The SMILES string of the molecule is NC(=O)N1C2=CC3OC3C=C2C=Cc2ccccc21. The second-order valence-corrected chi connectivity index (χ2v) is 4.81. The molecule has 94 valence electrons. The van der Waals surface area contributed by atoms with Crippen molar-refractivity contribution in [2.24, 2.45) is 5.73 Å². The molecule has 0 radical (unpaired) electrons. The van der Waals surface area contributed by atoms with Crippen molar-refractivity contribution >= 4 is 17.8 Å². The molecule has 0 aromatic heterocycles. The summed E-state index contributed by atoms with van der Waals surface area (Å²) in [5.74, 6) is 0. The van der Waals surface area contributed by atoms with Crippen LogP contribution in [-0.4, -0.2) is 18.2 Å². The molecule has 2 atom stereocenters. The number of amides is 2. The van der Waals surface area contributed by atoms with Gasteiger partial charge in [0.25, 0.3) is 0 Å². The van der Waals surface area contributed by atoms with E-state index < -0.39 is 6.03 Å². The topological polar surface area (TPSA) is 58.9 Å². The van der Waals surface area contributed by atoms with Crippen LogP contribution in [0.5, 0.6) is 0 Å². The van der Waals surface area contributed by atoms with Crippen LogP contribution < -0.4 is 10.6 Å². The highest BCUT2D eigenvalue weighted by Gasteiger charge is 2.41. The number of anilines is 1. The number of rotatable bonds is 0. The van der Waals surface area contributed by atoms with E-state index in [0.717, 1.165) is 22.5 Å². The Labute approximate surface area is 110 Å². The number of carbonyl (C=O) groups excluding carboxylic acids is 1. The number of benzene rings is 1. The second kappa shape index (κ2) is 3.59. The van der Waals surface area contributed by atoms with Crippen molar-refractivity contribution in [2.45, 2.75) is 12.2 Å². The zero-order valence-corrected chi connectivity index (χ0v) is 10.1. The monoisotopic (exact) mass is 252 g/mol. The molecular formula is C15H12N2O2. The van der Waals surface area contributed by atoms with Gasteiger partial charge in [0.05, 0.1) is 11.4 Å². The quantitative estimate of drug-likeness (QED) is 0.719. The number of fused-ring (bicyclic) bond motifs is 3. The smallest absolute Gasteiger partial charge is 0.323 e. The van der Waals surface area contributed by atoms with Crippen LogP contribution in [0.1, 0.15) is 5.56 Å². The van der Waals surface area contributed by atoms with Gasteiger partial charge in [0.2, 0.25) is 0 Å². The van der Waals surface area contributed by atoms with Crippen molar-refractivity contribution in [3.8, 4) is 0 Å². The lowest BCUT2D eigenvalue weighted by Crippen LogP contribution is -2.36. The van der Waals surface area contributed by atoms with E-state index >= 15 is 0 Å². The largest absolute Gasteiger partial charge is 0.361 e. The average molecular weight is 252 g/mol. The Bertz CT molecular complexity index is 672. The Morgan fingerprint density at radius 2 is 1.95 bits per heavy atom. The lowest BCUT2D eigenvalue weighted by atomic mass is 10.0. The molecule has 4 heteroatoms. The summed E-state index contributed by atoms with van der Waals surface area (Å²) in [6.07, 6.45) is 8.25. The minimum absolute atomic E-state index is 0.0827. The first-order valence-corrected chi connectivity index (χ1v) is 6.20. The number of nitrogens with two attached hydrogens (primary N) is 1. The van der Waals surface area contributed by atoms with Gasteiger partial charge in [0.1, 0.15) is 12.2 Å². The fourth-order valence-electron chi connectivity index (χ4n) is 2.64. The number of nitrogens with zero attached hydrogens (tertiary/aromatic N) is 1. The molecule has 3 aliphatic rings. The Hall–Kier alpha value is -2.33. The molecule has 1 fully saturated rings. The van der Waals surface area contributed by atoms with E-state index in [2.05, 4.69) is 0 Å². The molecular weight excluding hydrogens is 240 g/mol. The minimum Gasteiger partial charge on any atom is -0.361 e. The average Bonchev–Trinajstić information content (AvgIpc) is 3.16. The van der Waals surface area contributed by atoms with Crippen LogP contribution in [0.3, 0.4) is 0 Å². The van der Waals surface area contributed by atoms with Gasteiger partial charge in [0, 0.05) is 0 Å².